The van der Waals surface area contributed by atoms with E-state index < -0.39 is 0 Å². The van der Waals surface area contributed by atoms with Crippen molar-refractivity contribution >= 4 is 23.2 Å². The number of hydrogen-bond acceptors (Lipinski definition) is 4. The van der Waals surface area contributed by atoms with Crippen molar-refractivity contribution in [2.24, 2.45) is 0 Å². The molecule has 3 aromatic rings. The van der Waals surface area contributed by atoms with Crippen molar-refractivity contribution in [2.75, 3.05) is 21.0 Å². The molecule has 27 heavy (non-hydrogen) atoms. The fourth-order valence-corrected chi connectivity index (χ4v) is 3.77. The maximum absolute atomic E-state index is 5.60. The lowest BCUT2D eigenvalue weighted by Crippen LogP contribution is -2.40. The number of halogens is 1. The van der Waals surface area contributed by atoms with Crippen molar-refractivity contribution in [1.29, 1.82) is 0 Å². The van der Waals surface area contributed by atoms with Crippen LogP contribution in [-0.2, 0) is 13.0 Å². The third-order valence-corrected chi connectivity index (χ3v) is 5.00. The average molecular weight is 391 g/mol. The molecule has 0 fully saturated rings. The summed E-state index contributed by atoms with van der Waals surface area (Å²) in [6.45, 7) is 1.21. The van der Waals surface area contributed by atoms with Gasteiger partial charge in [-0.2, -0.15) is 4.57 Å². The Morgan fingerprint density at radius 2 is 1.78 bits per heavy atom. The Labute approximate surface area is 163 Å². The average Bonchev–Trinajstić information content (AvgIpc) is 3.11. The number of ether oxygens (including phenoxy) is 4. The number of hydrogen-bond donors (Lipinski definition) is 0. The minimum absolute atomic E-state index is 0. The van der Waals surface area contributed by atoms with Crippen LogP contribution in [0.3, 0.4) is 0 Å². The zero-order valence-electron chi connectivity index (χ0n) is 15.1. The van der Waals surface area contributed by atoms with Gasteiger partial charge in [-0.25, -0.2) is 0 Å². The summed E-state index contributed by atoms with van der Waals surface area (Å²) in [6, 6.07) is 10.4. The summed E-state index contributed by atoms with van der Waals surface area (Å²) >= 11 is 0. The maximum Gasteiger partial charge on any atom is 0.231 e. The zero-order valence-corrected chi connectivity index (χ0v) is 15.9. The Kier molecular flexibility index (Phi) is 5.04. The predicted molar refractivity (Wildman–Crippen MR) is 103 cm³/mol. The first kappa shape index (κ1) is 19.1. The van der Waals surface area contributed by atoms with E-state index in [2.05, 4.69) is 35.0 Å². The van der Waals surface area contributed by atoms with Gasteiger partial charge in [0.15, 0.2) is 35.7 Å². The van der Waals surface area contributed by atoms with Crippen LogP contribution in [0, 0.1) is 0 Å². The van der Waals surface area contributed by atoms with E-state index >= 15 is 0 Å². The molecule has 2 aliphatic heterocycles. The molecule has 0 aliphatic carbocycles. The Hall–Kier alpha value is -2.70. The van der Waals surface area contributed by atoms with Gasteiger partial charge in [0.05, 0.1) is 25.2 Å². The molecule has 142 valence electrons. The highest BCUT2D eigenvalue weighted by Gasteiger charge is 2.28. The predicted octanol–water partition coefficient (Wildman–Crippen LogP) is 2.69. The molecule has 0 unspecified atom stereocenters. The summed E-state index contributed by atoms with van der Waals surface area (Å²) in [5.74, 6) is 3.18. The van der Waals surface area contributed by atoms with Gasteiger partial charge in [-0.15, -0.1) is 12.4 Å². The SMILES string of the molecule is COc1ccc2cc3[n+](cc2c1OC)CCc1cc2c(cc1-3)OCO2.Cl.O. The molecule has 0 saturated carbocycles. The molecule has 0 saturated heterocycles. The van der Waals surface area contributed by atoms with Crippen molar-refractivity contribution in [1.82, 2.24) is 0 Å². The van der Waals surface area contributed by atoms with Crippen LogP contribution in [-0.4, -0.2) is 26.5 Å². The minimum atomic E-state index is 0. The van der Waals surface area contributed by atoms with Gasteiger partial charge in [-0.1, -0.05) is 0 Å². The van der Waals surface area contributed by atoms with Crippen LogP contribution in [0.4, 0.5) is 0 Å². The van der Waals surface area contributed by atoms with Crippen LogP contribution in [0.15, 0.2) is 36.5 Å². The van der Waals surface area contributed by atoms with E-state index in [1.807, 2.05) is 6.07 Å². The lowest BCUT2D eigenvalue weighted by Gasteiger charge is -2.17. The van der Waals surface area contributed by atoms with E-state index in [1.165, 1.54) is 16.8 Å². The number of nitrogens with zero attached hydrogens (tertiary/aromatic N) is 1. The monoisotopic (exact) mass is 390 g/mol. The van der Waals surface area contributed by atoms with Crippen LogP contribution in [0.25, 0.3) is 22.0 Å². The number of rotatable bonds is 2. The molecule has 2 aliphatic rings. The quantitative estimate of drug-likeness (QED) is 0.631. The standard InChI is InChI=1S/C20H18NO4.ClH.H2O/c1-22-17-4-3-12-7-16-14-9-19-18(24-11-25-19)8-13(14)5-6-21(16)10-15(12)20(17)23-2;;/h3-4,7-10H,5-6,11H2,1-2H3;1H;1H2/q+1;;. The van der Waals surface area contributed by atoms with Gasteiger partial charge in [-0.05, 0) is 35.2 Å². The van der Waals surface area contributed by atoms with E-state index in [4.69, 9.17) is 18.9 Å². The minimum Gasteiger partial charge on any atom is -0.493 e. The first-order chi connectivity index (χ1) is 12.3. The maximum atomic E-state index is 5.60. The molecule has 0 amide bonds. The van der Waals surface area contributed by atoms with Crippen molar-refractivity contribution in [3.05, 3.63) is 42.1 Å². The molecular formula is C20H21ClNO5+. The third-order valence-electron chi connectivity index (χ3n) is 5.00. The van der Waals surface area contributed by atoms with Gasteiger partial charge in [-0.3, -0.25) is 0 Å². The van der Waals surface area contributed by atoms with Gasteiger partial charge in [0, 0.05) is 12.5 Å². The molecule has 0 atom stereocenters. The van der Waals surface area contributed by atoms with E-state index in [9.17, 15) is 0 Å². The smallest absolute Gasteiger partial charge is 0.231 e. The first-order valence-electron chi connectivity index (χ1n) is 8.29. The summed E-state index contributed by atoms with van der Waals surface area (Å²) in [5, 5.41) is 2.17. The van der Waals surface area contributed by atoms with Crippen molar-refractivity contribution < 1.29 is 29.0 Å². The molecule has 2 aromatic carbocycles. The molecule has 0 radical (unpaired) electrons. The zero-order chi connectivity index (χ0) is 17.0. The normalized spacial score (nSPS) is 13.1. The molecule has 2 N–H and O–H groups in total. The molecule has 1 aromatic heterocycles. The fraction of sp³-hybridized carbons (Fsp3) is 0.250. The summed E-state index contributed by atoms with van der Waals surface area (Å²) in [5.41, 5.74) is 3.68. The molecule has 3 heterocycles. The summed E-state index contributed by atoms with van der Waals surface area (Å²) in [7, 11) is 3.34. The topological polar surface area (TPSA) is 72.3 Å². The van der Waals surface area contributed by atoms with Gasteiger partial charge in [0.25, 0.3) is 0 Å². The fourth-order valence-electron chi connectivity index (χ4n) is 3.77. The summed E-state index contributed by atoms with van der Waals surface area (Å²) < 4.78 is 24.4. The Morgan fingerprint density at radius 1 is 1.00 bits per heavy atom. The van der Waals surface area contributed by atoms with E-state index in [1.54, 1.807) is 14.2 Å². The van der Waals surface area contributed by atoms with E-state index in [0.717, 1.165) is 46.7 Å². The highest BCUT2D eigenvalue weighted by Crippen LogP contribution is 2.41. The van der Waals surface area contributed by atoms with Crippen LogP contribution in [0.2, 0.25) is 0 Å². The molecule has 7 heteroatoms. The number of benzene rings is 2. The number of methoxy groups -OCH3 is 2. The van der Waals surface area contributed by atoms with Gasteiger partial charge < -0.3 is 24.4 Å². The Morgan fingerprint density at radius 3 is 2.52 bits per heavy atom. The molecule has 0 bridgehead atoms. The summed E-state index contributed by atoms with van der Waals surface area (Å²) in [4.78, 5) is 0. The first-order valence-corrected chi connectivity index (χ1v) is 8.29. The second kappa shape index (κ2) is 7.13. The second-order valence-corrected chi connectivity index (χ2v) is 6.27. The lowest BCUT2D eigenvalue weighted by atomic mass is 9.95. The molecule has 5 rings (SSSR count). The van der Waals surface area contributed by atoms with Crippen molar-refractivity contribution in [2.45, 2.75) is 13.0 Å². The largest absolute Gasteiger partial charge is 0.493 e. The Balaban J connectivity index is 0.00000105. The molecule has 0 spiro atoms. The second-order valence-electron chi connectivity index (χ2n) is 6.27. The number of fused-ring (bicyclic) bond motifs is 5. The number of aromatic nitrogens is 1. The van der Waals surface area contributed by atoms with Gasteiger partial charge >= 0.3 is 0 Å². The van der Waals surface area contributed by atoms with E-state index in [-0.39, 0.29) is 17.9 Å². The Bertz CT molecular complexity index is 1020. The highest BCUT2D eigenvalue weighted by atomic mass is 35.5. The number of pyridine rings is 1. The molecule has 6 nitrogen and oxygen atoms in total. The van der Waals surface area contributed by atoms with Crippen molar-refractivity contribution in [3.63, 3.8) is 0 Å². The van der Waals surface area contributed by atoms with Crippen molar-refractivity contribution in [3.8, 4) is 34.3 Å². The van der Waals surface area contributed by atoms with Crippen LogP contribution < -0.4 is 23.5 Å². The molecular weight excluding hydrogens is 370 g/mol. The van der Waals surface area contributed by atoms with E-state index in [0.29, 0.717) is 6.79 Å². The van der Waals surface area contributed by atoms with Crippen LogP contribution >= 0.6 is 12.4 Å². The van der Waals surface area contributed by atoms with Gasteiger partial charge in [0.2, 0.25) is 12.5 Å². The highest BCUT2D eigenvalue weighted by molar-refractivity contribution is 5.91. The number of aryl methyl sites for hydroxylation is 2. The van der Waals surface area contributed by atoms with Crippen LogP contribution in [0.5, 0.6) is 23.0 Å². The lowest BCUT2D eigenvalue weighted by molar-refractivity contribution is -0.686. The van der Waals surface area contributed by atoms with Gasteiger partial charge in [0.1, 0.15) is 0 Å². The van der Waals surface area contributed by atoms with Crippen LogP contribution in [0.1, 0.15) is 5.56 Å². The third kappa shape index (κ3) is 2.81. The summed E-state index contributed by atoms with van der Waals surface area (Å²) in [6.07, 6.45) is 3.11.